The lowest BCUT2D eigenvalue weighted by molar-refractivity contribution is 0.336. The van der Waals surface area contributed by atoms with Crippen LogP contribution in [0.2, 0.25) is 0 Å². The van der Waals surface area contributed by atoms with E-state index in [0.29, 0.717) is 6.42 Å². The van der Waals surface area contributed by atoms with Gasteiger partial charge in [0.15, 0.2) is 0 Å². The molecule has 0 radical (unpaired) electrons. The molecule has 1 aromatic rings. The zero-order valence-corrected chi connectivity index (χ0v) is 10.9. The Kier molecular flexibility index (Phi) is 5.15. The van der Waals surface area contributed by atoms with E-state index in [9.17, 15) is 8.42 Å². The summed E-state index contributed by atoms with van der Waals surface area (Å²) in [5.74, 6) is 0. The summed E-state index contributed by atoms with van der Waals surface area (Å²) in [6.45, 7) is 3.93. The maximum absolute atomic E-state index is 11.7. The lowest BCUT2D eigenvalue weighted by Gasteiger charge is -2.03. The van der Waals surface area contributed by atoms with E-state index in [4.69, 9.17) is 0 Å². The Morgan fingerprint density at radius 3 is 2.41 bits per heavy atom. The van der Waals surface area contributed by atoms with Gasteiger partial charge < -0.3 is 0 Å². The van der Waals surface area contributed by atoms with Crippen molar-refractivity contribution < 1.29 is 12.7 Å². The van der Waals surface area contributed by atoms with Crippen molar-refractivity contribution in [3.05, 3.63) is 30.3 Å². The average Bonchev–Trinajstić information content (AvgIpc) is 2.35. The number of oxime groups is 1. The molecule has 0 unspecified atom stereocenters. The fraction of sp³-hybridized carbons (Fsp3) is 0.417. The summed E-state index contributed by atoms with van der Waals surface area (Å²) in [5.41, 5.74) is 0.756. The van der Waals surface area contributed by atoms with Crippen LogP contribution in [0.1, 0.15) is 33.1 Å². The molecule has 0 N–H and O–H groups in total. The van der Waals surface area contributed by atoms with Crippen LogP contribution in [0.3, 0.4) is 0 Å². The smallest absolute Gasteiger partial charge is 0.265 e. The molecule has 0 amide bonds. The van der Waals surface area contributed by atoms with Crippen LogP contribution < -0.4 is 0 Å². The number of rotatable bonds is 6. The number of benzene rings is 1. The minimum Gasteiger partial charge on any atom is -0.265 e. The second-order valence-corrected chi connectivity index (χ2v) is 5.13. The Balaban J connectivity index is 2.81. The van der Waals surface area contributed by atoms with Gasteiger partial charge in [-0.05, 0) is 25.0 Å². The third kappa shape index (κ3) is 4.19. The van der Waals surface area contributed by atoms with E-state index in [1.807, 2.05) is 13.8 Å². The van der Waals surface area contributed by atoms with Gasteiger partial charge in [0.2, 0.25) is 0 Å². The first-order chi connectivity index (χ1) is 8.10. The van der Waals surface area contributed by atoms with Crippen LogP contribution in [-0.2, 0) is 14.4 Å². The molecule has 0 atom stereocenters. The molecule has 0 aliphatic rings. The van der Waals surface area contributed by atoms with Crippen LogP contribution in [0, 0.1) is 0 Å². The summed E-state index contributed by atoms with van der Waals surface area (Å²) in [7, 11) is -3.77. The molecule has 0 heterocycles. The molecule has 4 nitrogen and oxygen atoms in total. The molecule has 5 heteroatoms. The van der Waals surface area contributed by atoms with Crippen molar-refractivity contribution in [3.63, 3.8) is 0 Å². The van der Waals surface area contributed by atoms with Crippen LogP contribution in [0.15, 0.2) is 40.4 Å². The van der Waals surface area contributed by atoms with Crippen LogP contribution in [0.25, 0.3) is 0 Å². The summed E-state index contributed by atoms with van der Waals surface area (Å²) in [5, 5.41) is 3.71. The zero-order valence-electron chi connectivity index (χ0n) is 10.1. The summed E-state index contributed by atoms with van der Waals surface area (Å²) >= 11 is 0. The molecule has 0 bridgehead atoms. The lowest BCUT2D eigenvalue weighted by atomic mass is 10.2. The number of nitrogens with zero attached hydrogens (tertiary/aromatic N) is 1. The molecule has 0 aromatic heterocycles. The summed E-state index contributed by atoms with van der Waals surface area (Å²) in [4.78, 5) is 0.121. The molecule has 0 saturated heterocycles. The predicted molar refractivity (Wildman–Crippen MR) is 67.3 cm³/mol. The topological polar surface area (TPSA) is 55.7 Å². The fourth-order valence-electron chi connectivity index (χ4n) is 1.31. The summed E-state index contributed by atoms with van der Waals surface area (Å²) in [6.07, 6.45) is 2.36. The highest BCUT2D eigenvalue weighted by Gasteiger charge is 2.14. The Morgan fingerprint density at radius 1 is 1.24 bits per heavy atom. The molecule has 0 fully saturated rings. The molecular weight excluding hydrogens is 238 g/mol. The monoisotopic (exact) mass is 255 g/mol. The Labute approximate surface area is 102 Å². The van der Waals surface area contributed by atoms with Gasteiger partial charge >= 0.3 is 10.1 Å². The first-order valence-electron chi connectivity index (χ1n) is 5.64. The van der Waals surface area contributed by atoms with Crippen molar-refractivity contribution in [2.45, 2.75) is 38.0 Å². The van der Waals surface area contributed by atoms with Crippen LogP contribution in [-0.4, -0.2) is 14.1 Å². The summed E-state index contributed by atoms with van der Waals surface area (Å²) in [6, 6.07) is 8.00. The van der Waals surface area contributed by atoms with E-state index >= 15 is 0 Å². The quantitative estimate of drug-likeness (QED) is 0.580. The average molecular weight is 255 g/mol. The Bertz CT molecular complexity index is 466. The molecule has 0 aliphatic carbocycles. The highest BCUT2D eigenvalue weighted by atomic mass is 32.2. The maximum atomic E-state index is 11.7. The van der Waals surface area contributed by atoms with Gasteiger partial charge in [-0.15, -0.1) is 0 Å². The minimum absolute atomic E-state index is 0.121. The molecule has 17 heavy (non-hydrogen) atoms. The number of hydrogen-bond donors (Lipinski definition) is 0. The summed E-state index contributed by atoms with van der Waals surface area (Å²) < 4.78 is 28.1. The second kappa shape index (κ2) is 6.39. The van der Waals surface area contributed by atoms with E-state index in [1.54, 1.807) is 18.2 Å². The van der Waals surface area contributed by atoms with Crippen molar-refractivity contribution in [2.75, 3.05) is 0 Å². The van der Waals surface area contributed by atoms with Gasteiger partial charge in [-0.2, -0.15) is 8.42 Å². The molecular formula is C12H17NO3S. The van der Waals surface area contributed by atoms with Crippen molar-refractivity contribution in [1.29, 1.82) is 0 Å². The highest BCUT2D eigenvalue weighted by Crippen LogP contribution is 2.12. The van der Waals surface area contributed by atoms with Gasteiger partial charge in [-0.1, -0.05) is 43.6 Å². The van der Waals surface area contributed by atoms with Crippen molar-refractivity contribution in [1.82, 2.24) is 0 Å². The lowest BCUT2D eigenvalue weighted by Crippen LogP contribution is -2.05. The number of hydrogen-bond acceptors (Lipinski definition) is 4. The predicted octanol–water partition coefficient (Wildman–Crippen LogP) is 2.96. The maximum Gasteiger partial charge on any atom is 0.358 e. The normalized spacial score (nSPS) is 12.5. The standard InChI is InChI=1S/C12H17NO3S/c1-3-8-11(4-2)13-16-17(14,15)12-9-6-5-7-10-12/h5-7,9-10H,3-4,8H2,1-2H3/b13-11-. The van der Waals surface area contributed by atoms with E-state index in [-0.39, 0.29) is 4.90 Å². The van der Waals surface area contributed by atoms with E-state index in [1.165, 1.54) is 12.1 Å². The first kappa shape index (κ1) is 13.7. The van der Waals surface area contributed by atoms with Crippen LogP contribution >= 0.6 is 0 Å². The van der Waals surface area contributed by atoms with E-state index < -0.39 is 10.1 Å². The SMILES string of the molecule is CCC/C(CC)=N\OS(=O)(=O)c1ccccc1. The Morgan fingerprint density at radius 2 is 1.88 bits per heavy atom. The Hall–Kier alpha value is -1.36. The molecule has 0 saturated carbocycles. The van der Waals surface area contributed by atoms with Crippen molar-refractivity contribution >= 4 is 15.8 Å². The third-order valence-electron chi connectivity index (χ3n) is 2.24. The van der Waals surface area contributed by atoms with Crippen molar-refractivity contribution in [3.8, 4) is 0 Å². The van der Waals surface area contributed by atoms with Gasteiger partial charge in [0.05, 0.1) is 5.71 Å². The van der Waals surface area contributed by atoms with Gasteiger partial charge in [0, 0.05) is 0 Å². The fourth-order valence-corrected chi connectivity index (χ4v) is 2.09. The molecule has 0 aliphatic heterocycles. The zero-order chi connectivity index (χ0) is 12.7. The highest BCUT2D eigenvalue weighted by molar-refractivity contribution is 7.86. The molecule has 1 aromatic carbocycles. The molecule has 0 spiro atoms. The van der Waals surface area contributed by atoms with Crippen molar-refractivity contribution in [2.24, 2.45) is 5.16 Å². The van der Waals surface area contributed by atoms with Gasteiger partial charge in [-0.25, -0.2) is 0 Å². The van der Waals surface area contributed by atoms with E-state index in [2.05, 4.69) is 9.44 Å². The third-order valence-corrected chi connectivity index (χ3v) is 3.36. The van der Waals surface area contributed by atoms with Gasteiger partial charge in [0.1, 0.15) is 4.90 Å². The van der Waals surface area contributed by atoms with Gasteiger partial charge in [0.25, 0.3) is 0 Å². The molecule has 94 valence electrons. The second-order valence-electron chi connectivity index (χ2n) is 3.60. The first-order valence-corrected chi connectivity index (χ1v) is 7.05. The molecule has 1 rings (SSSR count). The largest absolute Gasteiger partial charge is 0.358 e. The van der Waals surface area contributed by atoms with Crippen LogP contribution in [0.4, 0.5) is 0 Å². The van der Waals surface area contributed by atoms with E-state index in [0.717, 1.165) is 18.6 Å². The van der Waals surface area contributed by atoms with Crippen LogP contribution in [0.5, 0.6) is 0 Å². The van der Waals surface area contributed by atoms with Gasteiger partial charge in [-0.3, -0.25) is 4.28 Å². The minimum atomic E-state index is -3.77.